The van der Waals surface area contributed by atoms with Crippen LogP contribution in [-0.4, -0.2) is 38.3 Å². The molecule has 0 aliphatic rings. The molecule has 0 fully saturated rings. The summed E-state index contributed by atoms with van der Waals surface area (Å²) in [6, 6.07) is 5.71. The Kier molecular flexibility index (Phi) is 3.35. The van der Waals surface area contributed by atoms with E-state index in [9.17, 15) is 9.90 Å². The Bertz CT molecular complexity index is 626. The molecule has 3 N–H and O–H groups in total. The van der Waals surface area contributed by atoms with Crippen molar-refractivity contribution in [3.05, 3.63) is 30.1 Å². The van der Waals surface area contributed by atoms with Gasteiger partial charge in [0.1, 0.15) is 12.1 Å². The topological polar surface area (TPSA) is 95.3 Å². The first kappa shape index (κ1) is 13.2. The van der Waals surface area contributed by atoms with Gasteiger partial charge in [0.2, 0.25) is 0 Å². The van der Waals surface area contributed by atoms with Crippen LogP contribution in [0.3, 0.4) is 0 Å². The molecule has 2 rings (SSSR count). The van der Waals surface area contributed by atoms with E-state index < -0.39 is 11.6 Å². The number of rotatable bonds is 4. The summed E-state index contributed by atoms with van der Waals surface area (Å²) in [6.07, 6.45) is 1.40. The van der Waals surface area contributed by atoms with Gasteiger partial charge in [-0.2, -0.15) is 0 Å². The van der Waals surface area contributed by atoms with Crippen molar-refractivity contribution in [3.8, 4) is 0 Å². The summed E-state index contributed by atoms with van der Waals surface area (Å²) in [5, 5.41) is 22.2. The van der Waals surface area contributed by atoms with E-state index in [4.69, 9.17) is 5.11 Å². The molecule has 1 aromatic carbocycles. The first-order chi connectivity index (χ1) is 8.90. The van der Waals surface area contributed by atoms with Gasteiger partial charge in [-0.1, -0.05) is 11.6 Å². The minimum atomic E-state index is -1.85. The molecule has 0 aliphatic carbocycles. The number of fused-ring (bicyclic) bond motifs is 1. The largest absolute Gasteiger partial charge is 0.479 e. The number of carboxylic acid groups (broad SMARTS) is 1. The Morgan fingerprint density at radius 3 is 2.84 bits per heavy atom. The summed E-state index contributed by atoms with van der Waals surface area (Å²) < 4.78 is 0. The second-order valence-corrected chi connectivity index (χ2v) is 4.68. The highest BCUT2D eigenvalue weighted by atomic mass is 16.4. The van der Waals surface area contributed by atoms with Crippen molar-refractivity contribution in [2.75, 3.05) is 11.9 Å². The molecule has 0 saturated heterocycles. The predicted molar refractivity (Wildman–Crippen MR) is 71.0 cm³/mol. The third kappa shape index (κ3) is 2.79. The zero-order valence-electron chi connectivity index (χ0n) is 10.7. The van der Waals surface area contributed by atoms with Crippen molar-refractivity contribution in [2.45, 2.75) is 19.4 Å². The lowest BCUT2D eigenvalue weighted by molar-refractivity contribution is -0.155. The van der Waals surface area contributed by atoms with Crippen LogP contribution in [0, 0.1) is 6.92 Å². The fraction of sp³-hybridized carbons (Fsp3) is 0.308. The zero-order valence-corrected chi connectivity index (χ0v) is 10.7. The summed E-state index contributed by atoms with van der Waals surface area (Å²) in [6.45, 7) is 3.04. The van der Waals surface area contributed by atoms with Gasteiger partial charge in [0, 0.05) is 5.39 Å². The van der Waals surface area contributed by atoms with Crippen LogP contribution in [0.4, 0.5) is 5.82 Å². The molecule has 1 unspecified atom stereocenters. The lowest BCUT2D eigenvalue weighted by Gasteiger charge is -2.19. The average molecular weight is 261 g/mol. The number of benzene rings is 1. The van der Waals surface area contributed by atoms with Crippen LogP contribution in [0.15, 0.2) is 24.5 Å². The fourth-order valence-corrected chi connectivity index (χ4v) is 1.64. The monoisotopic (exact) mass is 261 g/mol. The highest BCUT2D eigenvalue weighted by Gasteiger charge is 2.29. The van der Waals surface area contributed by atoms with Gasteiger partial charge in [-0.3, -0.25) is 0 Å². The van der Waals surface area contributed by atoms with Crippen LogP contribution in [-0.2, 0) is 4.79 Å². The molecule has 0 spiro atoms. The van der Waals surface area contributed by atoms with E-state index >= 15 is 0 Å². The minimum absolute atomic E-state index is 0.137. The third-order valence-corrected chi connectivity index (χ3v) is 2.85. The molecular formula is C13H15N3O3. The Labute approximate surface area is 110 Å². The van der Waals surface area contributed by atoms with Crippen LogP contribution in [0.2, 0.25) is 0 Å². The molecule has 2 aromatic rings. The average Bonchev–Trinajstić information content (AvgIpc) is 2.36. The second-order valence-electron chi connectivity index (χ2n) is 4.68. The van der Waals surface area contributed by atoms with Gasteiger partial charge in [0.15, 0.2) is 5.60 Å². The standard InChI is InChI=1S/C13H15N3O3/c1-8-3-4-10-9(5-8)11(16-7-15-10)14-6-13(2,19)12(17)18/h3-5,7,19H,6H2,1-2H3,(H,17,18)(H,14,15,16). The molecule has 6 nitrogen and oxygen atoms in total. The van der Waals surface area contributed by atoms with Crippen molar-refractivity contribution >= 4 is 22.7 Å². The quantitative estimate of drug-likeness (QED) is 0.765. The van der Waals surface area contributed by atoms with E-state index in [1.54, 1.807) is 0 Å². The van der Waals surface area contributed by atoms with Crippen LogP contribution in [0.1, 0.15) is 12.5 Å². The number of hydrogen-bond acceptors (Lipinski definition) is 5. The molecule has 0 amide bonds. The van der Waals surface area contributed by atoms with Gasteiger partial charge in [-0.15, -0.1) is 0 Å². The number of carboxylic acids is 1. The minimum Gasteiger partial charge on any atom is -0.479 e. The van der Waals surface area contributed by atoms with E-state index in [-0.39, 0.29) is 6.54 Å². The highest BCUT2D eigenvalue weighted by Crippen LogP contribution is 2.20. The molecule has 0 aliphatic heterocycles. The number of aryl methyl sites for hydroxylation is 1. The fourth-order valence-electron chi connectivity index (χ4n) is 1.64. The first-order valence-electron chi connectivity index (χ1n) is 5.81. The Morgan fingerprint density at radius 1 is 1.42 bits per heavy atom. The van der Waals surface area contributed by atoms with Gasteiger partial charge < -0.3 is 15.5 Å². The van der Waals surface area contributed by atoms with Crippen molar-refractivity contribution in [2.24, 2.45) is 0 Å². The summed E-state index contributed by atoms with van der Waals surface area (Å²) in [5.41, 5.74) is -0.0328. The van der Waals surface area contributed by atoms with Gasteiger partial charge in [0.25, 0.3) is 0 Å². The van der Waals surface area contributed by atoms with E-state index in [2.05, 4.69) is 15.3 Å². The van der Waals surface area contributed by atoms with E-state index in [1.165, 1.54) is 13.3 Å². The summed E-state index contributed by atoms with van der Waals surface area (Å²) in [7, 11) is 0. The van der Waals surface area contributed by atoms with E-state index in [1.807, 2.05) is 25.1 Å². The lowest BCUT2D eigenvalue weighted by Crippen LogP contribution is -2.42. The molecule has 6 heteroatoms. The second kappa shape index (κ2) is 4.81. The normalized spacial score (nSPS) is 14.1. The first-order valence-corrected chi connectivity index (χ1v) is 5.81. The molecule has 1 heterocycles. The number of hydrogen-bond donors (Lipinski definition) is 3. The molecule has 100 valence electrons. The maximum Gasteiger partial charge on any atom is 0.337 e. The number of aliphatic hydroxyl groups is 1. The Balaban J connectivity index is 2.31. The van der Waals surface area contributed by atoms with Crippen molar-refractivity contribution < 1.29 is 15.0 Å². The zero-order chi connectivity index (χ0) is 14.0. The molecule has 1 aromatic heterocycles. The number of aliphatic carboxylic acids is 1. The third-order valence-electron chi connectivity index (χ3n) is 2.85. The van der Waals surface area contributed by atoms with Crippen molar-refractivity contribution in [3.63, 3.8) is 0 Å². The number of nitrogens with one attached hydrogen (secondary N) is 1. The predicted octanol–water partition coefficient (Wildman–Crippen LogP) is 1.19. The summed E-state index contributed by atoms with van der Waals surface area (Å²) >= 11 is 0. The summed E-state index contributed by atoms with van der Waals surface area (Å²) in [5.74, 6) is -0.773. The van der Waals surface area contributed by atoms with Crippen LogP contribution in [0.25, 0.3) is 10.9 Å². The maximum atomic E-state index is 10.8. The molecule has 1 atom stereocenters. The van der Waals surface area contributed by atoms with Crippen molar-refractivity contribution in [1.29, 1.82) is 0 Å². The number of anilines is 1. The van der Waals surface area contributed by atoms with Crippen molar-refractivity contribution in [1.82, 2.24) is 9.97 Å². The van der Waals surface area contributed by atoms with Crippen LogP contribution in [0.5, 0.6) is 0 Å². The Hall–Kier alpha value is -2.21. The molecule has 0 radical (unpaired) electrons. The number of carbonyl (C=O) groups is 1. The highest BCUT2D eigenvalue weighted by molar-refractivity contribution is 5.89. The SMILES string of the molecule is Cc1ccc2ncnc(NCC(C)(O)C(=O)O)c2c1. The maximum absolute atomic E-state index is 10.8. The molecule has 0 saturated carbocycles. The molecule has 19 heavy (non-hydrogen) atoms. The van der Waals surface area contributed by atoms with E-state index in [0.29, 0.717) is 5.82 Å². The van der Waals surface area contributed by atoms with Gasteiger partial charge in [-0.05, 0) is 26.0 Å². The van der Waals surface area contributed by atoms with Gasteiger partial charge in [-0.25, -0.2) is 14.8 Å². The molecular weight excluding hydrogens is 246 g/mol. The summed E-state index contributed by atoms with van der Waals surface area (Å²) in [4.78, 5) is 19.1. The smallest absolute Gasteiger partial charge is 0.337 e. The van der Waals surface area contributed by atoms with Crippen LogP contribution >= 0.6 is 0 Å². The number of nitrogens with zero attached hydrogens (tertiary/aromatic N) is 2. The number of aromatic nitrogens is 2. The van der Waals surface area contributed by atoms with Crippen LogP contribution < -0.4 is 5.32 Å². The van der Waals surface area contributed by atoms with Gasteiger partial charge >= 0.3 is 5.97 Å². The van der Waals surface area contributed by atoms with Gasteiger partial charge in [0.05, 0.1) is 12.1 Å². The van der Waals surface area contributed by atoms with E-state index in [0.717, 1.165) is 16.5 Å². The lowest BCUT2D eigenvalue weighted by atomic mass is 10.1. The molecule has 0 bridgehead atoms. The Morgan fingerprint density at radius 2 is 2.16 bits per heavy atom.